The van der Waals surface area contributed by atoms with Gasteiger partial charge in [-0.1, -0.05) is 6.07 Å². The molecule has 0 fully saturated rings. The Morgan fingerprint density at radius 2 is 1.97 bits per heavy atom. The summed E-state index contributed by atoms with van der Waals surface area (Å²) >= 11 is 0. The van der Waals surface area contributed by atoms with Crippen molar-refractivity contribution in [2.75, 3.05) is 41.9 Å². The Morgan fingerprint density at radius 1 is 1.13 bits per heavy atom. The molecule has 10 nitrogen and oxygen atoms in total. The van der Waals surface area contributed by atoms with Crippen molar-refractivity contribution in [3.05, 3.63) is 53.6 Å². The van der Waals surface area contributed by atoms with Gasteiger partial charge in [0.05, 0.1) is 18.5 Å². The van der Waals surface area contributed by atoms with E-state index in [-0.39, 0.29) is 23.6 Å². The number of nitrogens with zero attached hydrogens (tertiary/aromatic N) is 6. The minimum absolute atomic E-state index is 0.0410. The molecule has 1 amide bonds. The van der Waals surface area contributed by atoms with E-state index in [0.29, 0.717) is 38.0 Å². The van der Waals surface area contributed by atoms with Crippen LogP contribution in [-0.2, 0) is 28.7 Å². The maximum absolute atomic E-state index is 13.0. The zero-order valence-electron chi connectivity index (χ0n) is 20.8. The Bertz CT molecular complexity index is 1300. The third kappa shape index (κ3) is 5.19. The average Bonchev–Trinajstić information content (AvgIpc) is 2.91. The van der Waals surface area contributed by atoms with Crippen molar-refractivity contribution in [1.29, 1.82) is 0 Å². The Labute approximate surface area is 216 Å². The molecule has 5 heterocycles. The minimum Gasteiger partial charge on any atom is -0.437 e. The van der Waals surface area contributed by atoms with E-state index in [4.69, 9.17) is 14.5 Å². The summed E-state index contributed by atoms with van der Waals surface area (Å²) in [6, 6.07) is 5.08. The number of alkyl halides is 3. The molecule has 0 bridgehead atoms. The van der Waals surface area contributed by atoms with E-state index in [1.165, 1.54) is 6.07 Å². The highest BCUT2D eigenvalue weighted by atomic mass is 19.4. The number of methoxy groups -OCH3 is 1. The molecule has 200 valence electrons. The summed E-state index contributed by atoms with van der Waals surface area (Å²) in [4.78, 5) is 33.8. The molecule has 5 rings (SSSR count). The molecule has 13 heteroatoms. The molecule has 3 aromatic heterocycles. The molecule has 0 saturated carbocycles. The lowest BCUT2D eigenvalue weighted by Crippen LogP contribution is -2.55. The maximum atomic E-state index is 13.0. The topological polar surface area (TPSA) is 106 Å². The van der Waals surface area contributed by atoms with Crippen LogP contribution in [-0.4, -0.2) is 58.7 Å². The first kappa shape index (κ1) is 25.6. The van der Waals surface area contributed by atoms with Gasteiger partial charge in [-0.3, -0.25) is 4.79 Å². The van der Waals surface area contributed by atoms with Crippen molar-refractivity contribution in [2.24, 2.45) is 0 Å². The van der Waals surface area contributed by atoms with Crippen LogP contribution in [0.4, 0.5) is 30.6 Å². The molecule has 1 N–H and O–H groups in total. The third-order valence-electron chi connectivity index (χ3n) is 6.40. The Morgan fingerprint density at radius 3 is 2.66 bits per heavy atom. The number of hydrogen-bond acceptors (Lipinski definition) is 9. The smallest absolute Gasteiger partial charge is 0.433 e. The van der Waals surface area contributed by atoms with Gasteiger partial charge in [0, 0.05) is 39.0 Å². The second kappa shape index (κ2) is 10.4. The highest BCUT2D eigenvalue weighted by Crippen LogP contribution is 2.40. The fraction of sp³-hybridized carbons (Fsp3) is 0.400. The first-order valence-corrected chi connectivity index (χ1v) is 12.1. The summed E-state index contributed by atoms with van der Waals surface area (Å²) in [6.45, 7) is 3.89. The molecule has 0 saturated heterocycles. The summed E-state index contributed by atoms with van der Waals surface area (Å²) < 4.78 is 48.8. The first-order valence-electron chi connectivity index (χ1n) is 12.1. The number of aryl methyl sites for hydroxylation is 1. The average molecular weight is 530 g/mol. The van der Waals surface area contributed by atoms with Gasteiger partial charge in [0.15, 0.2) is 5.82 Å². The van der Waals surface area contributed by atoms with Gasteiger partial charge in [-0.2, -0.15) is 18.2 Å². The van der Waals surface area contributed by atoms with Gasteiger partial charge in [0.1, 0.15) is 23.2 Å². The van der Waals surface area contributed by atoms with Crippen molar-refractivity contribution < 1.29 is 27.4 Å². The van der Waals surface area contributed by atoms with Gasteiger partial charge in [0.2, 0.25) is 17.7 Å². The predicted octanol–water partition coefficient (Wildman–Crippen LogP) is 3.82. The number of ether oxygens (including phenoxy) is 2. The van der Waals surface area contributed by atoms with E-state index in [0.717, 1.165) is 42.0 Å². The summed E-state index contributed by atoms with van der Waals surface area (Å²) in [7, 11) is 1.62. The third-order valence-corrected chi connectivity index (χ3v) is 6.40. The lowest BCUT2D eigenvalue weighted by atomic mass is 10.0. The quantitative estimate of drug-likeness (QED) is 0.466. The summed E-state index contributed by atoms with van der Waals surface area (Å²) in [5, 5.41) is 3.24. The number of carbonyl (C=O) groups is 1. The summed E-state index contributed by atoms with van der Waals surface area (Å²) in [5.74, 6) is 1.57. The molecule has 0 aliphatic carbocycles. The second-order valence-corrected chi connectivity index (χ2v) is 8.96. The number of pyridine rings is 2. The van der Waals surface area contributed by atoms with Crippen LogP contribution < -0.4 is 19.9 Å². The number of amides is 1. The van der Waals surface area contributed by atoms with Crippen LogP contribution >= 0.6 is 0 Å². The minimum atomic E-state index is -4.51. The second-order valence-electron chi connectivity index (χ2n) is 8.96. The van der Waals surface area contributed by atoms with E-state index in [2.05, 4.69) is 20.3 Å². The fourth-order valence-electron chi connectivity index (χ4n) is 4.47. The van der Waals surface area contributed by atoms with Crippen molar-refractivity contribution in [3.63, 3.8) is 0 Å². The summed E-state index contributed by atoms with van der Waals surface area (Å²) in [6.07, 6.45) is -0.329. The molecular weight excluding hydrogens is 503 g/mol. The fourth-order valence-corrected chi connectivity index (χ4v) is 4.47. The highest BCUT2D eigenvalue weighted by molar-refractivity contribution is 6.05. The van der Waals surface area contributed by atoms with E-state index >= 15 is 0 Å². The molecule has 0 radical (unpaired) electrons. The molecule has 2 aliphatic rings. The largest absolute Gasteiger partial charge is 0.437 e. The Kier molecular flexibility index (Phi) is 7.02. The number of halogens is 3. The van der Waals surface area contributed by atoms with Crippen molar-refractivity contribution in [2.45, 2.75) is 38.5 Å². The van der Waals surface area contributed by atoms with Gasteiger partial charge in [0.25, 0.3) is 0 Å². The molecule has 38 heavy (non-hydrogen) atoms. The number of anilines is 3. The van der Waals surface area contributed by atoms with Gasteiger partial charge in [-0.05, 0) is 37.5 Å². The normalized spacial score (nSPS) is 16.9. The van der Waals surface area contributed by atoms with Crippen LogP contribution in [0.1, 0.15) is 30.3 Å². The van der Waals surface area contributed by atoms with Crippen molar-refractivity contribution >= 4 is 23.4 Å². The van der Waals surface area contributed by atoms with Crippen LogP contribution in [0.15, 0.2) is 36.7 Å². The highest BCUT2D eigenvalue weighted by Gasteiger charge is 2.40. The van der Waals surface area contributed by atoms with Crippen molar-refractivity contribution in [3.8, 4) is 11.6 Å². The molecule has 3 aromatic rings. The molecule has 1 unspecified atom stereocenters. The first-order chi connectivity index (χ1) is 18.2. The van der Waals surface area contributed by atoms with Crippen molar-refractivity contribution in [1.82, 2.24) is 19.9 Å². The Hall–Kier alpha value is -4.00. The van der Waals surface area contributed by atoms with Crippen LogP contribution in [0.3, 0.4) is 0 Å². The van der Waals surface area contributed by atoms with E-state index in [9.17, 15) is 18.0 Å². The predicted molar refractivity (Wildman–Crippen MR) is 132 cm³/mol. The standard InChI is InChI=1S/C25H26F3N7O3/c1-15-23(36)35-9-3-4-18-21(35)22(34(15)10-11-37-2)33-24(32-18)31-13-16-5-8-20(30-12-16)38-17-6-7-19(29-14-17)25(26,27)28/h5-8,12,14-15H,3-4,9-11,13H2,1-2H3,(H,31,32,33). The van der Waals surface area contributed by atoms with E-state index in [1.807, 2.05) is 11.8 Å². The maximum Gasteiger partial charge on any atom is 0.433 e. The molecule has 0 spiro atoms. The van der Waals surface area contributed by atoms with Crippen LogP contribution in [0, 0.1) is 0 Å². The van der Waals surface area contributed by atoms with E-state index < -0.39 is 11.9 Å². The van der Waals surface area contributed by atoms with Gasteiger partial charge in [-0.25, -0.2) is 15.0 Å². The van der Waals surface area contributed by atoms with Gasteiger partial charge < -0.3 is 24.6 Å². The molecular formula is C25H26F3N7O3. The van der Waals surface area contributed by atoms with Crippen LogP contribution in [0.25, 0.3) is 0 Å². The lowest BCUT2D eigenvalue weighted by molar-refractivity contribution is -0.141. The number of nitrogens with one attached hydrogen (secondary N) is 1. The van der Waals surface area contributed by atoms with E-state index in [1.54, 1.807) is 30.3 Å². The van der Waals surface area contributed by atoms with Gasteiger partial charge >= 0.3 is 6.18 Å². The van der Waals surface area contributed by atoms with Crippen LogP contribution in [0.2, 0.25) is 0 Å². The SMILES string of the molecule is COCCN1c2nc(NCc3ccc(Oc4ccc(C(F)(F)F)nc4)nc3)nc3c2N(CCC3)C(=O)C1C. The summed E-state index contributed by atoms with van der Waals surface area (Å²) in [5.41, 5.74) is 1.44. The molecule has 1 atom stereocenters. The zero-order valence-corrected chi connectivity index (χ0v) is 20.8. The number of aromatic nitrogens is 4. The van der Waals surface area contributed by atoms with Crippen LogP contribution in [0.5, 0.6) is 11.6 Å². The number of hydrogen-bond donors (Lipinski definition) is 1. The lowest BCUT2D eigenvalue weighted by Gasteiger charge is -2.43. The molecule has 2 aliphatic heterocycles. The monoisotopic (exact) mass is 529 g/mol. The number of carbonyl (C=O) groups excluding carboxylic acids is 1. The van der Waals surface area contributed by atoms with Gasteiger partial charge in [-0.15, -0.1) is 0 Å². The molecule has 0 aromatic carbocycles. The zero-order chi connectivity index (χ0) is 26.9. The number of rotatable bonds is 8. The Balaban J connectivity index is 1.29.